The molecule has 1 aromatic heterocycles. The summed E-state index contributed by atoms with van der Waals surface area (Å²) in [5.74, 6) is -0.368. The number of benzene rings is 1. The van der Waals surface area contributed by atoms with Gasteiger partial charge in [0.15, 0.2) is 0 Å². The van der Waals surface area contributed by atoms with Gasteiger partial charge in [-0.1, -0.05) is 29.8 Å². The average Bonchev–Trinajstić information content (AvgIpc) is 2.52. The lowest BCUT2D eigenvalue weighted by Crippen LogP contribution is -2.30. The molecular formula is C17H20N2O3. The van der Waals surface area contributed by atoms with Crippen LogP contribution in [0.15, 0.2) is 41.2 Å². The summed E-state index contributed by atoms with van der Waals surface area (Å²) < 4.78 is 4.91. The van der Waals surface area contributed by atoms with E-state index in [1.807, 2.05) is 31.2 Å². The quantitative estimate of drug-likeness (QED) is 0.803. The number of H-pyrrole nitrogens is 1. The van der Waals surface area contributed by atoms with E-state index in [4.69, 9.17) is 4.74 Å². The number of aromatic nitrogens is 1. The van der Waals surface area contributed by atoms with Gasteiger partial charge in [-0.15, -0.1) is 0 Å². The number of ether oxygens (including phenoxy) is 1. The molecule has 1 amide bonds. The van der Waals surface area contributed by atoms with Crippen LogP contribution in [0.5, 0.6) is 0 Å². The van der Waals surface area contributed by atoms with Gasteiger partial charge in [0, 0.05) is 26.0 Å². The van der Waals surface area contributed by atoms with E-state index in [0.717, 1.165) is 11.1 Å². The van der Waals surface area contributed by atoms with Crippen molar-refractivity contribution in [2.24, 2.45) is 0 Å². The highest BCUT2D eigenvalue weighted by Crippen LogP contribution is 2.16. The normalized spacial score (nSPS) is 10.5. The number of hydrogen-bond acceptors (Lipinski definition) is 3. The predicted molar refractivity (Wildman–Crippen MR) is 86.1 cm³/mol. The zero-order valence-corrected chi connectivity index (χ0v) is 12.8. The summed E-state index contributed by atoms with van der Waals surface area (Å²) >= 11 is 0. The lowest BCUT2D eigenvalue weighted by Gasteiger charge is -2.06. The van der Waals surface area contributed by atoms with E-state index >= 15 is 0 Å². The van der Waals surface area contributed by atoms with E-state index in [-0.39, 0.29) is 17.0 Å². The Kier molecular flexibility index (Phi) is 5.49. The second-order valence-corrected chi connectivity index (χ2v) is 5.08. The Morgan fingerprint density at radius 1 is 1.18 bits per heavy atom. The van der Waals surface area contributed by atoms with Crippen molar-refractivity contribution in [2.75, 3.05) is 20.3 Å². The predicted octanol–water partition coefficient (Wildman–Crippen LogP) is 2.12. The van der Waals surface area contributed by atoms with E-state index < -0.39 is 0 Å². The molecule has 2 rings (SSSR count). The fourth-order valence-electron chi connectivity index (χ4n) is 2.07. The van der Waals surface area contributed by atoms with Gasteiger partial charge in [-0.3, -0.25) is 9.59 Å². The smallest absolute Gasteiger partial charge is 0.261 e. The first kappa shape index (κ1) is 16.0. The third-order valence-corrected chi connectivity index (χ3v) is 3.33. The van der Waals surface area contributed by atoms with Crippen LogP contribution in [-0.4, -0.2) is 31.2 Å². The van der Waals surface area contributed by atoms with E-state index in [2.05, 4.69) is 10.3 Å². The molecule has 0 aliphatic carbocycles. The average molecular weight is 300 g/mol. The molecule has 0 bridgehead atoms. The van der Waals surface area contributed by atoms with Gasteiger partial charge in [0.1, 0.15) is 5.56 Å². The second-order valence-electron chi connectivity index (χ2n) is 5.08. The van der Waals surface area contributed by atoms with Crippen molar-refractivity contribution in [3.8, 4) is 11.3 Å². The topological polar surface area (TPSA) is 71.2 Å². The van der Waals surface area contributed by atoms with Crippen LogP contribution < -0.4 is 10.9 Å². The Labute approximate surface area is 129 Å². The van der Waals surface area contributed by atoms with Gasteiger partial charge in [0.25, 0.3) is 11.5 Å². The Bertz CT molecular complexity index is 690. The first-order chi connectivity index (χ1) is 10.6. The first-order valence-corrected chi connectivity index (χ1v) is 7.19. The maximum absolute atomic E-state index is 12.1. The van der Waals surface area contributed by atoms with Crippen LogP contribution >= 0.6 is 0 Å². The Hall–Kier alpha value is -2.40. The molecule has 0 aliphatic heterocycles. The largest absolute Gasteiger partial charge is 0.385 e. The van der Waals surface area contributed by atoms with Crippen molar-refractivity contribution >= 4 is 5.91 Å². The number of carbonyl (C=O) groups is 1. The fourth-order valence-corrected chi connectivity index (χ4v) is 2.07. The molecule has 5 heteroatoms. The monoisotopic (exact) mass is 300 g/mol. The van der Waals surface area contributed by atoms with Gasteiger partial charge < -0.3 is 15.0 Å². The number of pyridine rings is 1. The molecule has 5 nitrogen and oxygen atoms in total. The zero-order chi connectivity index (χ0) is 15.9. The highest BCUT2D eigenvalue weighted by atomic mass is 16.5. The maximum atomic E-state index is 12.1. The molecule has 0 unspecified atom stereocenters. The van der Waals surface area contributed by atoms with E-state index in [1.54, 1.807) is 19.2 Å². The summed E-state index contributed by atoms with van der Waals surface area (Å²) in [5.41, 5.74) is 2.49. The standard InChI is InChI=1S/C17H20N2O3/c1-12-4-6-13(7-5-12)15-9-8-14(17(21)19-15)16(20)18-10-3-11-22-2/h4-9H,3,10-11H2,1-2H3,(H,18,20)(H,19,21). The summed E-state index contributed by atoms with van der Waals surface area (Å²) in [7, 11) is 1.61. The number of methoxy groups -OCH3 is 1. The molecule has 0 saturated heterocycles. The number of rotatable bonds is 6. The molecule has 116 valence electrons. The van der Waals surface area contributed by atoms with Crippen molar-refractivity contribution in [3.63, 3.8) is 0 Å². The Balaban J connectivity index is 2.11. The SMILES string of the molecule is COCCCNC(=O)c1ccc(-c2ccc(C)cc2)[nH]c1=O. The molecule has 2 aromatic rings. The summed E-state index contributed by atoms with van der Waals surface area (Å²) in [6.45, 7) is 3.05. The van der Waals surface area contributed by atoms with E-state index in [0.29, 0.717) is 25.3 Å². The molecule has 0 atom stereocenters. The fraction of sp³-hybridized carbons (Fsp3) is 0.294. The van der Waals surface area contributed by atoms with Crippen molar-refractivity contribution < 1.29 is 9.53 Å². The van der Waals surface area contributed by atoms with Crippen LogP contribution in [-0.2, 0) is 4.74 Å². The van der Waals surface area contributed by atoms with Crippen molar-refractivity contribution in [2.45, 2.75) is 13.3 Å². The highest BCUT2D eigenvalue weighted by Gasteiger charge is 2.10. The lowest BCUT2D eigenvalue weighted by molar-refractivity contribution is 0.0947. The van der Waals surface area contributed by atoms with E-state index in [1.165, 1.54) is 0 Å². The van der Waals surface area contributed by atoms with Gasteiger partial charge in [-0.25, -0.2) is 0 Å². The molecule has 0 saturated carbocycles. The number of hydrogen-bond donors (Lipinski definition) is 2. The zero-order valence-electron chi connectivity index (χ0n) is 12.8. The van der Waals surface area contributed by atoms with Crippen molar-refractivity contribution in [1.29, 1.82) is 0 Å². The molecule has 0 fully saturated rings. The summed E-state index contributed by atoms with van der Waals surface area (Å²) in [5, 5.41) is 2.70. The summed E-state index contributed by atoms with van der Waals surface area (Å²) in [6, 6.07) is 11.1. The van der Waals surface area contributed by atoms with Crippen molar-refractivity contribution in [3.05, 3.63) is 57.9 Å². The minimum absolute atomic E-state index is 0.119. The third-order valence-electron chi connectivity index (χ3n) is 3.33. The van der Waals surface area contributed by atoms with E-state index in [9.17, 15) is 9.59 Å². The van der Waals surface area contributed by atoms with Gasteiger partial charge in [-0.2, -0.15) is 0 Å². The summed E-state index contributed by atoms with van der Waals surface area (Å²) in [4.78, 5) is 26.8. The van der Waals surface area contributed by atoms with Crippen LogP contribution in [0, 0.1) is 6.92 Å². The minimum Gasteiger partial charge on any atom is -0.385 e. The van der Waals surface area contributed by atoms with Crippen LogP contribution in [0.3, 0.4) is 0 Å². The molecule has 0 radical (unpaired) electrons. The molecule has 0 spiro atoms. The molecule has 2 N–H and O–H groups in total. The first-order valence-electron chi connectivity index (χ1n) is 7.19. The summed E-state index contributed by atoms with van der Waals surface area (Å²) in [6.07, 6.45) is 0.710. The Morgan fingerprint density at radius 2 is 1.91 bits per heavy atom. The number of carbonyl (C=O) groups excluding carboxylic acids is 1. The van der Waals surface area contributed by atoms with Gasteiger partial charge in [0.05, 0.1) is 0 Å². The van der Waals surface area contributed by atoms with Gasteiger partial charge in [-0.05, 0) is 31.0 Å². The van der Waals surface area contributed by atoms with Gasteiger partial charge in [0.2, 0.25) is 0 Å². The van der Waals surface area contributed by atoms with Crippen LogP contribution in [0.2, 0.25) is 0 Å². The molecule has 1 aromatic carbocycles. The minimum atomic E-state index is -0.387. The maximum Gasteiger partial charge on any atom is 0.261 e. The number of aryl methyl sites for hydroxylation is 1. The third kappa shape index (κ3) is 4.05. The molecule has 1 heterocycles. The lowest BCUT2D eigenvalue weighted by atomic mass is 10.1. The number of nitrogens with one attached hydrogen (secondary N) is 2. The van der Waals surface area contributed by atoms with Crippen LogP contribution in [0.1, 0.15) is 22.3 Å². The molecule has 0 aliphatic rings. The van der Waals surface area contributed by atoms with Gasteiger partial charge >= 0.3 is 0 Å². The number of aromatic amines is 1. The second kappa shape index (κ2) is 7.56. The Morgan fingerprint density at radius 3 is 2.55 bits per heavy atom. The number of amides is 1. The van der Waals surface area contributed by atoms with Crippen LogP contribution in [0.25, 0.3) is 11.3 Å². The molecular weight excluding hydrogens is 280 g/mol. The van der Waals surface area contributed by atoms with Crippen molar-refractivity contribution in [1.82, 2.24) is 10.3 Å². The van der Waals surface area contributed by atoms with Crippen LogP contribution in [0.4, 0.5) is 0 Å². The highest BCUT2D eigenvalue weighted by molar-refractivity contribution is 5.94. The molecule has 22 heavy (non-hydrogen) atoms.